The van der Waals surface area contributed by atoms with Gasteiger partial charge in [-0.2, -0.15) is 13.2 Å². The first-order valence-electron chi connectivity index (χ1n) is 12.0. The number of fused-ring (bicyclic) bond motifs is 1. The molecular formula is C25H30F4N4O. The standard InChI is InChI=1S/C25H30F4N4O/c1-15-4-5-19(26)9-21(15)23-10-22(25(27,28)29)24(32-31-23)30-20-7-17-12-33(13-18(17)8-20)11-16-3-2-6-34-14-16/h4-5,9-10,16-18,20H,2-3,6-8,11-14H2,1H3,(H,30,32). The van der Waals surface area contributed by atoms with E-state index in [9.17, 15) is 17.6 Å². The molecule has 3 unspecified atom stereocenters. The summed E-state index contributed by atoms with van der Waals surface area (Å²) in [6, 6.07) is 4.89. The molecule has 2 aromatic rings. The van der Waals surface area contributed by atoms with Gasteiger partial charge in [-0.3, -0.25) is 0 Å². The molecule has 5 nitrogen and oxygen atoms in total. The van der Waals surface area contributed by atoms with Crippen molar-refractivity contribution in [1.29, 1.82) is 0 Å². The number of rotatable bonds is 5. The number of aromatic nitrogens is 2. The zero-order valence-corrected chi connectivity index (χ0v) is 19.2. The summed E-state index contributed by atoms with van der Waals surface area (Å²) in [7, 11) is 0. The highest BCUT2D eigenvalue weighted by Crippen LogP contribution is 2.42. The molecule has 0 amide bonds. The summed E-state index contributed by atoms with van der Waals surface area (Å²) in [4.78, 5) is 2.50. The summed E-state index contributed by atoms with van der Waals surface area (Å²) in [6.45, 7) is 6.44. The number of likely N-dealkylation sites (tertiary alicyclic amines) is 1. The molecule has 2 saturated heterocycles. The van der Waals surface area contributed by atoms with Gasteiger partial charge in [0.2, 0.25) is 0 Å². The van der Waals surface area contributed by atoms with E-state index in [1.807, 2.05) is 0 Å². The Morgan fingerprint density at radius 3 is 2.56 bits per heavy atom. The van der Waals surface area contributed by atoms with Crippen LogP contribution < -0.4 is 5.32 Å². The Hall–Kier alpha value is -2.26. The highest BCUT2D eigenvalue weighted by atomic mass is 19.4. The average molecular weight is 479 g/mol. The maximum absolute atomic E-state index is 13.9. The van der Waals surface area contributed by atoms with Gasteiger partial charge in [0.15, 0.2) is 5.82 Å². The molecule has 1 saturated carbocycles. The monoisotopic (exact) mass is 478 g/mol. The molecule has 1 aromatic heterocycles. The quantitative estimate of drug-likeness (QED) is 0.602. The van der Waals surface area contributed by atoms with Crippen molar-refractivity contribution in [3.8, 4) is 11.3 Å². The lowest BCUT2D eigenvalue weighted by atomic mass is 10.0. The van der Waals surface area contributed by atoms with E-state index in [0.29, 0.717) is 28.9 Å². The molecule has 5 rings (SSSR count). The zero-order valence-electron chi connectivity index (χ0n) is 19.2. The molecule has 3 heterocycles. The number of nitrogens with one attached hydrogen (secondary N) is 1. The predicted octanol–water partition coefficient (Wildman–Crippen LogP) is 5.16. The Kier molecular flexibility index (Phi) is 6.50. The Labute approximate surface area is 196 Å². The first kappa shape index (κ1) is 23.5. The van der Waals surface area contributed by atoms with Crippen LogP contribution in [-0.2, 0) is 10.9 Å². The molecule has 3 atom stereocenters. The summed E-state index contributed by atoms with van der Waals surface area (Å²) in [5.41, 5.74) is 0.0959. The second-order valence-corrected chi connectivity index (χ2v) is 10.1. The number of halogens is 4. The topological polar surface area (TPSA) is 50.3 Å². The van der Waals surface area contributed by atoms with Crippen LogP contribution in [0.4, 0.5) is 23.4 Å². The number of benzene rings is 1. The summed E-state index contributed by atoms with van der Waals surface area (Å²) in [5, 5.41) is 11.0. The van der Waals surface area contributed by atoms with Crippen molar-refractivity contribution >= 4 is 5.82 Å². The van der Waals surface area contributed by atoms with Crippen LogP contribution in [0.3, 0.4) is 0 Å². The Morgan fingerprint density at radius 2 is 1.88 bits per heavy atom. The van der Waals surface area contributed by atoms with Crippen molar-refractivity contribution in [2.45, 2.75) is 44.8 Å². The number of hydrogen-bond donors (Lipinski definition) is 1. The van der Waals surface area contributed by atoms with Crippen molar-refractivity contribution in [1.82, 2.24) is 15.1 Å². The van der Waals surface area contributed by atoms with Crippen LogP contribution in [0.2, 0.25) is 0 Å². The van der Waals surface area contributed by atoms with Gasteiger partial charge in [0.05, 0.1) is 12.3 Å². The summed E-state index contributed by atoms with van der Waals surface area (Å²) in [6.07, 6.45) is -0.614. The smallest absolute Gasteiger partial charge is 0.381 e. The Bertz CT molecular complexity index is 1010. The minimum atomic E-state index is -4.60. The minimum Gasteiger partial charge on any atom is -0.381 e. The number of hydrogen-bond acceptors (Lipinski definition) is 5. The van der Waals surface area contributed by atoms with Gasteiger partial charge in [-0.25, -0.2) is 4.39 Å². The maximum atomic E-state index is 13.9. The van der Waals surface area contributed by atoms with Gasteiger partial charge < -0.3 is 15.0 Å². The van der Waals surface area contributed by atoms with Crippen molar-refractivity contribution in [2.75, 3.05) is 38.2 Å². The van der Waals surface area contributed by atoms with E-state index in [0.717, 1.165) is 58.2 Å². The van der Waals surface area contributed by atoms with Gasteiger partial charge in [0.25, 0.3) is 0 Å². The van der Waals surface area contributed by atoms with Crippen molar-refractivity contribution in [2.24, 2.45) is 17.8 Å². The van der Waals surface area contributed by atoms with Crippen molar-refractivity contribution in [3.05, 3.63) is 41.2 Å². The number of aryl methyl sites for hydroxylation is 1. The first-order chi connectivity index (χ1) is 16.3. The van der Waals surface area contributed by atoms with E-state index < -0.39 is 17.6 Å². The molecule has 0 spiro atoms. The lowest BCUT2D eigenvalue weighted by Gasteiger charge is -2.28. The maximum Gasteiger partial charge on any atom is 0.420 e. The number of anilines is 1. The molecule has 1 aliphatic carbocycles. The fourth-order valence-electron chi connectivity index (χ4n) is 5.89. The fraction of sp³-hybridized carbons (Fsp3) is 0.600. The molecule has 34 heavy (non-hydrogen) atoms. The average Bonchev–Trinajstić information content (AvgIpc) is 3.33. The van der Waals surface area contributed by atoms with Gasteiger partial charge in [0.1, 0.15) is 11.4 Å². The summed E-state index contributed by atoms with van der Waals surface area (Å²) in [5.74, 6) is 0.788. The minimum absolute atomic E-state index is 0.0144. The van der Waals surface area contributed by atoms with Gasteiger partial charge >= 0.3 is 6.18 Å². The highest BCUT2D eigenvalue weighted by molar-refractivity contribution is 5.65. The van der Waals surface area contributed by atoms with E-state index >= 15 is 0 Å². The van der Waals surface area contributed by atoms with Crippen LogP contribution in [0.25, 0.3) is 11.3 Å². The van der Waals surface area contributed by atoms with E-state index in [1.165, 1.54) is 24.6 Å². The molecule has 3 fully saturated rings. The third-order valence-corrected chi connectivity index (χ3v) is 7.51. The fourth-order valence-corrected chi connectivity index (χ4v) is 5.89. The summed E-state index contributed by atoms with van der Waals surface area (Å²) < 4.78 is 61.0. The van der Waals surface area contributed by atoms with Gasteiger partial charge in [-0.15, -0.1) is 10.2 Å². The Balaban J connectivity index is 1.26. The Morgan fingerprint density at radius 1 is 1.12 bits per heavy atom. The summed E-state index contributed by atoms with van der Waals surface area (Å²) >= 11 is 0. The first-order valence-corrected chi connectivity index (χ1v) is 12.0. The van der Waals surface area contributed by atoms with E-state index in [2.05, 4.69) is 20.4 Å². The molecule has 3 aliphatic rings. The van der Waals surface area contributed by atoms with Crippen LogP contribution in [-0.4, -0.2) is 54.0 Å². The number of nitrogens with zero attached hydrogens (tertiary/aromatic N) is 3. The lowest BCUT2D eigenvalue weighted by Crippen LogP contribution is -2.33. The van der Waals surface area contributed by atoms with Crippen LogP contribution in [0.15, 0.2) is 24.3 Å². The predicted molar refractivity (Wildman–Crippen MR) is 121 cm³/mol. The highest BCUT2D eigenvalue weighted by Gasteiger charge is 2.43. The van der Waals surface area contributed by atoms with Crippen LogP contribution in [0.5, 0.6) is 0 Å². The van der Waals surface area contributed by atoms with E-state index in [-0.39, 0.29) is 17.6 Å². The molecule has 9 heteroatoms. The molecule has 184 valence electrons. The zero-order chi connectivity index (χ0) is 23.9. The SMILES string of the molecule is Cc1ccc(F)cc1-c1cc(C(F)(F)F)c(NC2CC3CN(CC4CCCOC4)CC3C2)nn1. The van der Waals surface area contributed by atoms with E-state index in [4.69, 9.17) is 4.74 Å². The van der Waals surface area contributed by atoms with Crippen LogP contribution >= 0.6 is 0 Å². The van der Waals surface area contributed by atoms with Gasteiger partial charge in [-0.1, -0.05) is 6.07 Å². The largest absolute Gasteiger partial charge is 0.420 e. The molecule has 0 radical (unpaired) electrons. The molecule has 1 N–H and O–H groups in total. The lowest BCUT2D eigenvalue weighted by molar-refractivity contribution is -0.137. The third kappa shape index (κ3) is 5.05. The molecule has 0 bridgehead atoms. The number of ether oxygens (including phenoxy) is 1. The molecular weight excluding hydrogens is 448 g/mol. The normalized spacial score (nSPS) is 27.7. The van der Waals surface area contributed by atoms with E-state index in [1.54, 1.807) is 6.92 Å². The van der Waals surface area contributed by atoms with Crippen molar-refractivity contribution in [3.63, 3.8) is 0 Å². The molecule has 2 aliphatic heterocycles. The second kappa shape index (κ2) is 9.41. The third-order valence-electron chi connectivity index (χ3n) is 7.51. The second-order valence-electron chi connectivity index (χ2n) is 10.1. The van der Waals surface area contributed by atoms with Gasteiger partial charge in [0, 0.05) is 37.8 Å². The molecule has 1 aromatic carbocycles. The van der Waals surface area contributed by atoms with Crippen LogP contribution in [0, 0.1) is 30.5 Å². The van der Waals surface area contributed by atoms with Crippen LogP contribution in [0.1, 0.15) is 36.8 Å². The van der Waals surface area contributed by atoms with Gasteiger partial charge in [-0.05, 0) is 74.1 Å². The number of alkyl halides is 3. The van der Waals surface area contributed by atoms with Crippen molar-refractivity contribution < 1.29 is 22.3 Å².